The maximum absolute atomic E-state index is 3.99. The average molecular weight is 205 g/mol. The number of benzene rings is 1. The van der Waals surface area contributed by atoms with E-state index >= 15 is 0 Å². The molecular formula is C13H17S+. The summed E-state index contributed by atoms with van der Waals surface area (Å²) in [6.07, 6.45) is 4.98. The second kappa shape index (κ2) is 4.70. The molecule has 1 heteroatoms. The van der Waals surface area contributed by atoms with Crippen LogP contribution >= 0.6 is 0 Å². The van der Waals surface area contributed by atoms with Gasteiger partial charge in [-0.15, -0.1) is 0 Å². The van der Waals surface area contributed by atoms with Gasteiger partial charge in [0.2, 0.25) is 0 Å². The molecule has 1 aromatic carbocycles. The summed E-state index contributed by atoms with van der Waals surface area (Å²) in [6.45, 7) is 3.99. The zero-order valence-electron chi connectivity index (χ0n) is 8.49. The Morgan fingerprint density at radius 3 is 2.36 bits per heavy atom. The molecule has 0 amide bonds. The van der Waals surface area contributed by atoms with E-state index in [4.69, 9.17) is 0 Å². The van der Waals surface area contributed by atoms with Gasteiger partial charge in [0.05, 0.1) is 0 Å². The Labute approximate surface area is 89.4 Å². The van der Waals surface area contributed by atoms with Gasteiger partial charge in [0.1, 0.15) is 11.5 Å². The summed E-state index contributed by atoms with van der Waals surface area (Å²) >= 11 is 0. The first-order valence-corrected chi connectivity index (χ1v) is 6.88. The first kappa shape index (κ1) is 9.85. The van der Waals surface area contributed by atoms with Gasteiger partial charge < -0.3 is 0 Å². The van der Waals surface area contributed by atoms with Crippen molar-refractivity contribution in [1.29, 1.82) is 0 Å². The Hall–Kier alpha value is -0.690. The Balaban J connectivity index is 2.16. The minimum atomic E-state index is 0.566. The van der Waals surface area contributed by atoms with Crippen molar-refractivity contribution in [2.24, 2.45) is 0 Å². The number of hydrogen-bond donors (Lipinski definition) is 0. The maximum atomic E-state index is 3.99. The lowest BCUT2D eigenvalue weighted by molar-refractivity contribution is 0.949. The van der Waals surface area contributed by atoms with Gasteiger partial charge in [0, 0.05) is 5.56 Å². The predicted molar refractivity (Wildman–Crippen MR) is 65.7 cm³/mol. The zero-order valence-corrected chi connectivity index (χ0v) is 9.30. The van der Waals surface area contributed by atoms with Crippen LogP contribution in [-0.4, -0.2) is 11.5 Å². The van der Waals surface area contributed by atoms with Crippen LogP contribution < -0.4 is 0 Å². The second-order valence-electron chi connectivity index (χ2n) is 3.72. The van der Waals surface area contributed by atoms with Crippen LogP contribution in [0.25, 0.3) is 0 Å². The zero-order chi connectivity index (χ0) is 9.80. The topological polar surface area (TPSA) is 0 Å². The summed E-state index contributed by atoms with van der Waals surface area (Å²) in [5.41, 5.74) is 1.45. The van der Waals surface area contributed by atoms with Crippen molar-refractivity contribution in [2.45, 2.75) is 18.1 Å². The highest BCUT2D eigenvalue weighted by Gasteiger charge is 2.32. The highest BCUT2D eigenvalue weighted by Crippen LogP contribution is 2.31. The Morgan fingerprint density at radius 1 is 1.14 bits per heavy atom. The standard InChI is InChI=1S/C13H17S/c1-2-13(14-10-6-7-11-14)12-8-4-3-5-9-12/h2-5,8-9,13H,1,6-7,10-11H2/q+1. The first-order valence-electron chi connectivity index (χ1n) is 5.25. The first-order chi connectivity index (χ1) is 6.92. The molecule has 0 saturated carbocycles. The van der Waals surface area contributed by atoms with E-state index in [1.165, 1.54) is 29.9 Å². The van der Waals surface area contributed by atoms with E-state index in [-0.39, 0.29) is 0 Å². The van der Waals surface area contributed by atoms with E-state index in [0.717, 1.165) is 0 Å². The van der Waals surface area contributed by atoms with Crippen molar-refractivity contribution in [3.63, 3.8) is 0 Å². The molecule has 1 heterocycles. The normalized spacial score (nSPS) is 19.4. The average Bonchev–Trinajstić information content (AvgIpc) is 2.74. The van der Waals surface area contributed by atoms with E-state index in [9.17, 15) is 0 Å². The quantitative estimate of drug-likeness (QED) is 0.524. The van der Waals surface area contributed by atoms with E-state index in [0.29, 0.717) is 16.1 Å². The lowest BCUT2D eigenvalue weighted by atomic mass is 10.1. The molecule has 0 nitrogen and oxygen atoms in total. The van der Waals surface area contributed by atoms with Gasteiger partial charge >= 0.3 is 0 Å². The van der Waals surface area contributed by atoms with Gasteiger partial charge in [0.15, 0.2) is 5.25 Å². The third kappa shape index (κ3) is 2.03. The van der Waals surface area contributed by atoms with Crippen LogP contribution in [0.1, 0.15) is 23.7 Å². The molecule has 2 rings (SSSR count). The highest BCUT2D eigenvalue weighted by atomic mass is 32.2. The van der Waals surface area contributed by atoms with Gasteiger partial charge in [-0.25, -0.2) is 0 Å². The summed E-state index contributed by atoms with van der Waals surface area (Å²) in [7, 11) is 0.566. The Morgan fingerprint density at radius 2 is 1.79 bits per heavy atom. The molecule has 1 atom stereocenters. The fourth-order valence-corrected chi connectivity index (χ4v) is 4.71. The Kier molecular flexibility index (Phi) is 3.30. The molecule has 1 saturated heterocycles. The molecule has 1 aliphatic rings. The molecule has 14 heavy (non-hydrogen) atoms. The SMILES string of the molecule is C=CC(c1ccccc1)[S+]1CCCC1. The summed E-state index contributed by atoms with van der Waals surface area (Å²) in [5.74, 6) is 2.82. The van der Waals surface area contributed by atoms with Crippen molar-refractivity contribution < 1.29 is 0 Å². The van der Waals surface area contributed by atoms with Gasteiger partial charge in [-0.2, -0.15) is 0 Å². The summed E-state index contributed by atoms with van der Waals surface area (Å²) in [6, 6.07) is 10.8. The fraction of sp³-hybridized carbons (Fsp3) is 0.385. The molecule has 1 unspecified atom stereocenters. The molecule has 0 radical (unpaired) electrons. The van der Waals surface area contributed by atoms with Crippen LogP contribution in [0.15, 0.2) is 43.0 Å². The van der Waals surface area contributed by atoms with Crippen LogP contribution in [0, 0.1) is 0 Å². The summed E-state index contributed by atoms with van der Waals surface area (Å²) in [5, 5.41) is 0.610. The van der Waals surface area contributed by atoms with Crippen molar-refractivity contribution in [1.82, 2.24) is 0 Å². The van der Waals surface area contributed by atoms with E-state index in [1.807, 2.05) is 0 Å². The minimum absolute atomic E-state index is 0.566. The maximum Gasteiger partial charge on any atom is 0.161 e. The molecule has 0 bridgehead atoms. The van der Waals surface area contributed by atoms with Crippen molar-refractivity contribution in [2.75, 3.05) is 11.5 Å². The van der Waals surface area contributed by atoms with Gasteiger partial charge in [-0.1, -0.05) is 36.9 Å². The largest absolute Gasteiger partial charge is 0.161 e. The van der Waals surface area contributed by atoms with Crippen molar-refractivity contribution in [3.05, 3.63) is 48.6 Å². The third-order valence-corrected chi connectivity index (χ3v) is 5.57. The monoisotopic (exact) mass is 205 g/mol. The minimum Gasteiger partial charge on any atom is -0.0978 e. The molecule has 0 aromatic heterocycles. The molecular weight excluding hydrogens is 188 g/mol. The lowest BCUT2D eigenvalue weighted by Crippen LogP contribution is -2.13. The van der Waals surface area contributed by atoms with Crippen LogP contribution in [-0.2, 0) is 10.9 Å². The molecule has 0 aliphatic carbocycles. The van der Waals surface area contributed by atoms with E-state index in [2.05, 4.69) is 43.0 Å². The Bertz CT molecular complexity index is 285. The molecule has 0 N–H and O–H groups in total. The lowest BCUT2D eigenvalue weighted by Gasteiger charge is -2.11. The summed E-state index contributed by atoms with van der Waals surface area (Å²) in [4.78, 5) is 0. The fourth-order valence-electron chi connectivity index (χ4n) is 2.04. The number of rotatable bonds is 3. The van der Waals surface area contributed by atoms with Crippen LogP contribution in [0.3, 0.4) is 0 Å². The summed E-state index contributed by atoms with van der Waals surface area (Å²) < 4.78 is 0. The van der Waals surface area contributed by atoms with Gasteiger partial charge in [-0.05, 0) is 29.8 Å². The van der Waals surface area contributed by atoms with Gasteiger partial charge in [-0.3, -0.25) is 0 Å². The number of hydrogen-bond acceptors (Lipinski definition) is 0. The molecule has 1 aromatic rings. The van der Waals surface area contributed by atoms with Crippen LogP contribution in [0.4, 0.5) is 0 Å². The molecule has 74 valence electrons. The van der Waals surface area contributed by atoms with Crippen LogP contribution in [0.5, 0.6) is 0 Å². The second-order valence-corrected chi connectivity index (χ2v) is 6.12. The van der Waals surface area contributed by atoms with Gasteiger partial charge in [0.25, 0.3) is 0 Å². The van der Waals surface area contributed by atoms with E-state index < -0.39 is 0 Å². The van der Waals surface area contributed by atoms with Crippen LogP contribution in [0.2, 0.25) is 0 Å². The third-order valence-electron chi connectivity index (χ3n) is 2.76. The smallest absolute Gasteiger partial charge is 0.0978 e. The van der Waals surface area contributed by atoms with E-state index in [1.54, 1.807) is 0 Å². The molecule has 1 fully saturated rings. The molecule has 0 spiro atoms. The highest BCUT2D eigenvalue weighted by molar-refractivity contribution is 7.97. The van der Waals surface area contributed by atoms with Crippen molar-refractivity contribution in [3.8, 4) is 0 Å². The van der Waals surface area contributed by atoms with Crippen molar-refractivity contribution >= 4 is 10.9 Å². The predicted octanol–water partition coefficient (Wildman–Crippen LogP) is 3.33. The molecule has 1 aliphatic heterocycles.